The number of nitrogens with zero attached hydrogens (tertiary/aromatic N) is 4. The van der Waals surface area contributed by atoms with E-state index in [0.29, 0.717) is 28.2 Å². The van der Waals surface area contributed by atoms with Gasteiger partial charge in [0.1, 0.15) is 5.82 Å². The van der Waals surface area contributed by atoms with E-state index in [1.54, 1.807) is 33.4 Å². The SMILES string of the molecule is [2H]c1c([2H])c([2H])c(-c2cccc(-c3c([2H])c([2H])c([2H])c([2H])c3[2H])c2-[n+]2[c-]n(-c3[c-]c(Oc4[c-]c5c(cc4)c4cc(-c6ccccc6)ccc4n5-c4cc(C(C)C(C)(C)C)c(-c5ccc(C(C)(C)C)cc5)cn4)ccc3)c3ccccc32)c([2H])c1[2H].[Pt]. The van der Waals surface area contributed by atoms with Crippen molar-refractivity contribution in [1.29, 1.82) is 0 Å². The zero-order valence-electron chi connectivity index (χ0n) is 53.1. The standard InChI is InChI=1S/C70H58N4O.Pt/c1-47(69(2,3)4)60-44-67(71-45-62(60)51-33-36-53(37-34-51)70(5,6)7)74-63-40-35-52(48-21-11-8-12-22-48)41-61(63)59-39-38-56(43-66(59)74)75-55-28-19-27-54(42-55)72-46-73(65-32-18-17-31-64(65)72)68-57(49-23-13-9-14-24-49)29-20-30-58(68)50-25-15-10-16-26-50;/h8-41,44-45,47H,1-7H3;/q-2;/i9D,10D,13D,14D,15D,16D,23D,24D,25D,26D;. The van der Waals surface area contributed by atoms with Gasteiger partial charge in [0, 0.05) is 49.8 Å². The van der Waals surface area contributed by atoms with E-state index < -0.39 is 60.4 Å². The van der Waals surface area contributed by atoms with Gasteiger partial charge >= 0.3 is 0 Å². The Morgan fingerprint density at radius 3 is 1.89 bits per heavy atom. The fourth-order valence-electron chi connectivity index (χ4n) is 9.94. The van der Waals surface area contributed by atoms with E-state index in [1.165, 1.54) is 11.1 Å². The molecule has 0 aliphatic rings. The molecule has 12 aromatic rings. The third kappa shape index (κ3) is 9.39. The molecule has 1 unspecified atom stereocenters. The number of fused-ring (bicyclic) bond motifs is 4. The van der Waals surface area contributed by atoms with Crippen LogP contribution in [0.15, 0.2) is 218 Å². The quantitative estimate of drug-likeness (QED) is 0.101. The Balaban J connectivity index is 0.00000768. The van der Waals surface area contributed by atoms with Crippen molar-refractivity contribution in [2.45, 2.75) is 59.8 Å². The first kappa shape index (κ1) is 39.3. The maximum absolute atomic E-state index is 9.09. The molecular weight excluding hydrogens is 1110 g/mol. The van der Waals surface area contributed by atoms with Crippen LogP contribution in [0.1, 0.15) is 79.2 Å². The molecule has 0 radical (unpaired) electrons. The Kier molecular flexibility index (Phi) is 10.5. The zero-order chi connectivity index (χ0) is 60.1. The molecule has 5 nitrogen and oxygen atoms in total. The Morgan fingerprint density at radius 2 is 1.21 bits per heavy atom. The normalized spacial score (nSPS) is 14.1. The minimum atomic E-state index is -0.576. The largest absolute Gasteiger partial charge is 0.510 e. The van der Waals surface area contributed by atoms with Gasteiger partial charge in [0.15, 0.2) is 0 Å². The summed E-state index contributed by atoms with van der Waals surface area (Å²) in [6, 6.07) is 51.2. The van der Waals surface area contributed by atoms with Gasteiger partial charge in [0.2, 0.25) is 0 Å². The van der Waals surface area contributed by atoms with Crippen molar-refractivity contribution in [2.75, 3.05) is 0 Å². The van der Waals surface area contributed by atoms with Crippen molar-refractivity contribution in [3.05, 3.63) is 248 Å². The molecule has 376 valence electrons. The number of ether oxygens (including phenoxy) is 1. The van der Waals surface area contributed by atoms with Gasteiger partial charge in [-0.15, -0.1) is 29.7 Å². The summed E-state index contributed by atoms with van der Waals surface area (Å²) >= 11 is 0. The number of rotatable bonds is 10. The molecule has 0 fully saturated rings. The minimum absolute atomic E-state index is 0. The van der Waals surface area contributed by atoms with E-state index in [1.807, 2.05) is 66.9 Å². The molecule has 0 saturated heterocycles. The van der Waals surface area contributed by atoms with Crippen LogP contribution in [0.4, 0.5) is 0 Å². The van der Waals surface area contributed by atoms with Gasteiger partial charge in [-0.25, -0.2) is 4.98 Å². The van der Waals surface area contributed by atoms with E-state index >= 15 is 0 Å². The van der Waals surface area contributed by atoms with Gasteiger partial charge in [-0.1, -0.05) is 224 Å². The van der Waals surface area contributed by atoms with Crippen molar-refractivity contribution in [3.8, 4) is 73.2 Å². The molecule has 12 rings (SSSR count). The second-order valence-corrected chi connectivity index (χ2v) is 21.0. The van der Waals surface area contributed by atoms with Gasteiger partial charge < -0.3 is 13.9 Å². The molecule has 9 aromatic carbocycles. The Labute approximate surface area is 475 Å². The van der Waals surface area contributed by atoms with Crippen LogP contribution in [0.2, 0.25) is 0 Å². The van der Waals surface area contributed by atoms with Crippen molar-refractivity contribution in [1.82, 2.24) is 14.1 Å². The fourth-order valence-corrected chi connectivity index (χ4v) is 9.94. The van der Waals surface area contributed by atoms with Crippen LogP contribution in [0.5, 0.6) is 11.5 Å². The van der Waals surface area contributed by atoms with Crippen LogP contribution in [0.3, 0.4) is 0 Å². The number of para-hydroxylation sites is 3. The maximum atomic E-state index is 9.09. The summed E-state index contributed by atoms with van der Waals surface area (Å²) in [4.78, 5) is 5.27. The molecule has 0 bridgehead atoms. The molecule has 0 saturated carbocycles. The van der Waals surface area contributed by atoms with Gasteiger partial charge in [0.25, 0.3) is 6.33 Å². The Hall–Kier alpha value is -8.11. The second kappa shape index (κ2) is 20.2. The molecule has 0 aliphatic heterocycles. The molecule has 1 atom stereocenters. The fraction of sp³-hybridized carbons (Fsp3) is 0.143. The van der Waals surface area contributed by atoms with E-state index in [-0.39, 0.29) is 65.8 Å². The molecule has 3 heterocycles. The van der Waals surface area contributed by atoms with Crippen molar-refractivity contribution in [2.24, 2.45) is 5.41 Å². The predicted octanol–water partition coefficient (Wildman–Crippen LogP) is 17.7. The van der Waals surface area contributed by atoms with Gasteiger partial charge in [-0.3, -0.25) is 4.57 Å². The third-order valence-corrected chi connectivity index (χ3v) is 14.3. The number of aromatic nitrogens is 4. The van der Waals surface area contributed by atoms with Crippen LogP contribution >= 0.6 is 0 Å². The monoisotopic (exact) mass is 1180 g/mol. The maximum Gasteiger partial charge on any atom is 0.268 e. The van der Waals surface area contributed by atoms with E-state index in [2.05, 4.69) is 138 Å². The van der Waals surface area contributed by atoms with Gasteiger partial charge in [-0.05, 0) is 90.0 Å². The van der Waals surface area contributed by atoms with E-state index in [0.717, 1.165) is 49.9 Å². The molecule has 0 N–H and O–H groups in total. The van der Waals surface area contributed by atoms with Crippen LogP contribution in [0.25, 0.3) is 94.5 Å². The molecule has 3 aromatic heterocycles. The third-order valence-electron chi connectivity index (χ3n) is 14.3. The summed E-state index contributed by atoms with van der Waals surface area (Å²) < 4.78 is 100. The molecule has 0 spiro atoms. The number of hydrogen-bond donors (Lipinski definition) is 0. The van der Waals surface area contributed by atoms with Crippen molar-refractivity contribution >= 4 is 32.8 Å². The van der Waals surface area contributed by atoms with Gasteiger partial charge in [0.05, 0.1) is 30.4 Å². The Morgan fingerprint density at radius 1 is 0.566 bits per heavy atom. The first-order valence-electron chi connectivity index (χ1n) is 30.1. The number of benzene rings is 9. The molecular formula is C70H58N4OPt-2. The number of pyridine rings is 1. The Bertz CT molecular complexity index is 4530. The van der Waals surface area contributed by atoms with Crippen LogP contribution in [-0.4, -0.2) is 14.1 Å². The van der Waals surface area contributed by atoms with E-state index in [4.69, 9.17) is 23.4 Å². The molecule has 0 aliphatic carbocycles. The topological polar surface area (TPSA) is 35.9 Å². The zero-order valence-corrected chi connectivity index (χ0v) is 45.4. The summed E-state index contributed by atoms with van der Waals surface area (Å²) in [6.07, 6.45) is 5.45. The summed E-state index contributed by atoms with van der Waals surface area (Å²) in [5.41, 5.74) is 10.2. The van der Waals surface area contributed by atoms with E-state index in [9.17, 15) is 0 Å². The minimum Gasteiger partial charge on any atom is -0.510 e. The molecule has 6 heteroatoms. The van der Waals surface area contributed by atoms with Gasteiger partial charge in [-0.2, -0.15) is 18.2 Å². The first-order chi connectivity index (χ1) is 40.5. The smallest absolute Gasteiger partial charge is 0.268 e. The molecule has 76 heavy (non-hydrogen) atoms. The van der Waals surface area contributed by atoms with Crippen LogP contribution in [-0.2, 0) is 26.5 Å². The number of hydrogen-bond acceptors (Lipinski definition) is 2. The second-order valence-electron chi connectivity index (χ2n) is 21.0. The summed E-state index contributed by atoms with van der Waals surface area (Å²) in [5, 5.41) is 1.98. The number of imidazole rings is 1. The summed E-state index contributed by atoms with van der Waals surface area (Å²) in [7, 11) is 0. The molecule has 0 amide bonds. The first-order valence-corrected chi connectivity index (χ1v) is 25.1. The van der Waals surface area contributed by atoms with Crippen molar-refractivity contribution < 1.29 is 44.1 Å². The summed E-state index contributed by atoms with van der Waals surface area (Å²) in [5.74, 6) is 1.64. The predicted molar refractivity (Wildman–Crippen MR) is 308 cm³/mol. The average molecular weight is 1180 g/mol. The van der Waals surface area contributed by atoms with Crippen LogP contribution in [0, 0.1) is 23.9 Å². The van der Waals surface area contributed by atoms with Crippen molar-refractivity contribution in [3.63, 3.8) is 0 Å². The summed E-state index contributed by atoms with van der Waals surface area (Å²) in [6.45, 7) is 15.8. The average Bonchev–Trinajstić information content (AvgIpc) is 1.52. The van der Waals surface area contributed by atoms with Crippen LogP contribution < -0.4 is 9.30 Å².